The second-order valence-corrected chi connectivity index (χ2v) is 8.66. The van der Waals surface area contributed by atoms with Crippen LogP contribution in [0.4, 0.5) is 5.69 Å². The molecule has 0 spiro atoms. The Morgan fingerprint density at radius 2 is 1.29 bits per heavy atom. The summed E-state index contributed by atoms with van der Waals surface area (Å²) < 4.78 is 0. The largest absolute Gasteiger partial charge is 0.507 e. The predicted octanol–water partition coefficient (Wildman–Crippen LogP) is 4.55. The first-order chi connectivity index (χ1) is 16.3. The highest BCUT2D eigenvalue weighted by Crippen LogP contribution is 2.21. The van der Waals surface area contributed by atoms with Crippen LogP contribution in [-0.2, 0) is 0 Å². The van der Waals surface area contributed by atoms with E-state index in [1.165, 1.54) is 18.2 Å². The van der Waals surface area contributed by atoms with E-state index in [4.69, 9.17) is 23.2 Å². The Balaban J connectivity index is 1.34. The van der Waals surface area contributed by atoms with Crippen LogP contribution in [0, 0.1) is 0 Å². The van der Waals surface area contributed by atoms with Crippen molar-refractivity contribution in [2.24, 2.45) is 0 Å². The van der Waals surface area contributed by atoms with Gasteiger partial charge < -0.3 is 20.2 Å². The Hall–Kier alpha value is -3.55. The van der Waals surface area contributed by atoms with Gasteiger partial charge >= 0.3 is 0 Å². The molecule has 2 N–H and O–H groups in total. The molecule has 9 heteroatoms. The Labute approximate surface area is 206 Å². The number of piperazine rings is 1. The van der Waals surface area contributed by atoms with Crippen LogP contribution in [-0.4, -0.2) is 58.8 Å². The van der Waals surface area contributed by atoms with Crippen LogP contribution in [0.2, 0.25) is 10.0 Å². The van der Waals surface area contributed by atoms with E-state index in [1.54, 1.807) is 58.3 Å². The van der Waals surface area contributed by atoms with E-state index in [0.717, 1.165) is 0 Å². The van der Waals surface area contributed by atoms with Crippen LogP contribution >= 0.6 is 23.2 Å². The summed E-state index contributed by atoms with van der Waals surface area (Å²) in [7, 11) is 0. The Morgan fingerprint density at radius 1 is 0.735 bits per heavy atom. The SMILES string of the molecule is O=C(Nc1ccc(C(=O)N2CCN(C(=O)c3ccccc3O)CC2)cc1)c1cc(Cl)cc(Cl)c1. The van der Waals surface area contributed by atoms with Crippen molar-refractivity contribution in [1.29, 1.82) is 0 Å². The number of nitrogens with zero attached hydrogens (tertiary/aromatic N) is 2. The van der Waals surface area contributed by atoms with Gasteiger partial charge in [0.2, 0.25) is 0 Å². The summed E-state index contributed by atoms with van der Waals surface area (Å²) in [4.78, 5) is 41.3. The Morgan fingerprint density at radius 3 is 1.88 bits per heavy atom. The maximum Gasteiger partial charge on any atom is 0.257 e. The van der Waals surface area contributed by atoms with E-state index in [2.05, 4.69) is 5.32 Å². The average Bonchev–Trinajstić information content (AvgIpc) is 2.83. The summed E-state index contributed by atoms with van der Waals surface area (Å²) in [6.07, 6.45) is 0. The quantitative estimate of drug-likeness (QED) is 0.553. The number of rotatable bonds is 4. The molecule has 34 heavy (non-hydrogen) atoms. The van der Waals surface area contributed by atoms with Gasteiger partial charge in [0.15, 0.2) is 0 Å². The Kier molecular flexibility index (Phi) is 7.05. The van der Waals surface area contributed by atoms with Crippen LogP contribution < -0.4 is 5.32 Å². The summed E-state index contributed by atoms with van der Waals surface area (Å²) >= 11 is 11.9. The molecule has 0 radical (unpaired) electrons. The average molecular weight is 498 g/mol. The van der Waals surface area contributed by atoms with E-state index < -0.39 is 0 Å². The van der Waals surface area contributed by atoms with E-state index in [0.29, 0.717) is 53.0 Å². The molecule has 174 valence electrons. The van der Waals surface area contributed by atoms with Gasteiger partial charge in [0.1, 0.15) is 5.75 Å². The van der Waals surface area contributed by atoms with Crippen molar-refractivity contribution in [2.75, 3.05) is 31.5 Å². The summed E-state index contributed by atoms with van der Waals surface area (Å²) in [5.74, 6) is -0.842. The minimum Gasteiger partial charge on any atom is -0.507 e. The molecule has 3 aromatic carbocycles. The topological polar surface area (TPSA) is 90.0 Å². The lowest BCUT2D eigenvalue weighted by atomic mass is 10.1. The van der Waals surface area contributed by atoms with E-state index in [1.807, 2.05) is 0 Å². The van der Waals surface area contributed by atoms with Gasteiger partial charge in [0.25, 0.3) is 17.7 Å². The molecule has 1 fully saturated rings. The second-order valence-electron chi connectivity index (χ2n) is 7.79. The summed E-state index contributed by atoms with van der Waals surface area (Å²) in [5, 5.41) is 13.4. The second kappa shape index (κ2) is 10.2. The summed E-state index contributed by atoms with van der Waals surface area (Å²) in [6.45, 7) is 1.50. The molecule has 7 nitrogen and oxygen atoms in total. The molecule has 3 amide bonds. The van der Waals surface area contributed by atoms with Crippen LogP contribution in [0.3, 0.4) is 0 Å². The Bertz CT molecular complexity index is 1220. The van der Waals surface area contributed by atoms with Gasteiger partial charge in [-0.05, 0) is 54.6 Å². The predicted molar refractivity (Wildman–Crippen MR) is 131 cm³/mol. The van der Waals surface area contributed by atoms with E-state index >= 15 is 0 Å². The van der Waals surface area contributed by atoms with E-state index in [-0.39, 0.29) is 29.0 Å². The lowest BCUT2D eigenvalue weighted by Crippen LogP contribution is -2.50. The molecule has 3 aromatic rings. The number of phenols is 1. The molecular formula is C25H21Cl2N3O4. The molecule has 0 saturated carbocycles. The van der Waals surface area contributed by atoms with Gasteiger partial charge in [-0.1, -0.05) is 35.3 Å². The molecule has 0 bridgehead atoms. The normalized spacial score (nSPS) is 13.5. The fourth-order valence-electron chi connectivity index (χ4n) is 3.70. The first-order valence-electron chi connectivity index (χ1n) is 10.6. The number of anilines is 1. The maximum absolute atomic E-state index is 12.9. The molecule has 1 heterocycles. The van der Waals surface area contributed by atoms with Crippen LogP contribution in [0.5, 0.6) is 5.75 Å². The number of amides is 3. The van der Waals surface area contributed by atoms with Crippen molar-refractivity contribution in [3.63, 3.8) is 0 Å². The minimum absolute atomic E-state index is 0.0587. The number of carbonyl (C=O) groups is 3. The number of halogens is 2. The van der Waals surface area contributed by atoms with Crippen molar-refractivity contribution in [3.05, 3.63) is 93.5 Å². The highest BCUT2D eigenvalue weighted by molar-refractivity contribution is 6.35. The highest BCUT2D eigenvalue weighted by atomic mass is 35.5. The number of para-hydroxylation sites is 1. The van der Waals surface area contributed by atoms with Crippen molar-refractivity contribution in [1.82, 2.24) is 9.80 Å². The van der Waals surface area contributed by atoms with Crippen molar-refractivity contribution >= 4 is 46.6 Å². The third-order valence-electron chi connectivity index (χ3n) is 5.50. The molecule has 0 aliphatic carbocycles. The standard InChI is InChI=1S/C25H21Cl2N3O4/c26-18-13-17(14-19(27)15-18)23(32)28-20-7-5-16(6-8-20)24(33)29-9-11-30(12-10-29)25(34)21-3-1-2-4-22(21)31/h1-8,13-15,31H,9-12H2,(H,28,32). The molecule has 0 unspecified atom stereocenters. The molecule has 1 saturated heterocycles. The molecule has 0 aromatic heterocycles. The number of aromatic hydroxyl groups is 1. The fraction of sp³-hybridized carbons (Fsp3) is 0.160. The third-order valence-corrected chi connectivity index (χ3v) is 5.94. The molecule has 1 aliphatic rings. The van der Waals surface area contributed by atoms with Crippen molar-refractivity contribution in [2.45, 2.75) is 0 Å². The first-order valence-corrected chi connectivity index (χ1v) is 11.3. The molecular weight excluding hydrogens is 477 g/mol. The minimum atomic E-state index is -0.367. The lowest BCUT2D eigenvalue weighted by molar-refractivity contribution is 0.0533. The molecule has 0 atom stereocenters. The van der Waals surface area contributed by atoms with E-state index in [9.17, 15) is 19.5 Å². The third kappa shape index (κ3) is 5.32. The summed E-state index contributed by atoms with van der Waals surface area (Å²) in [5.41, 5.74) is 1.58. The molecule has 1 aliphatic heterocycles. The smallest absolute Gasteiger partial charge is 0.257 e. The van der Waals surface area contributed by atoms with Gasteiger partial charge in [0.05, 0.1) is 5.56 Å². The van der Waals surface area contributed by atoms with Gasteiger partial charge in [0, 0.05) is 53.0 Å². The number of benzene rings is 3. The zero-order valence-electron chi connectivity index (χ0n) is 18.0. The number of hydrogen-bond acceptors (Lipinski definition) is 4. The first kappa shape index (κ1) is 23.6. The van der Waals surface area contributed by atoms with Crippen molar-refractivity contribution in [3.8, 4) is 5.75 Å². The van der Waals surface area contributed by atoms with Gasteiger partial charge in [-0.3, -0.25) is 14.4 Å². The number of phenolic OH excluding ortho intramolecular Hbond substituents is 1. The monoisotopic (exact) mass is 497 g/mol. The van der Waals surface area contributed by atoms with Crippen molar-refractivity contribution < 1.29 is 19.5 Å². The van der Waals surface area contributed by atoms with Crippen LogP contribution in [0.15, 0.2) is 66.7 Å². The molecule has 4 rings (SSSR count). The fourth-order valence-corrected chi connectivity index (χ4v) is 4.23. The zero-order valence-corrected chi connectivity index (χ0v) is 19.5. The highest BCUT2D eigenvalue weighted by Gasteiger charge is 2.26. The zero-order chi connectivity index (χ0) is 24.2. The summed E-state index contributed by atoms with van der Waals surface area (Å²) in [6, 6.07) is 17.6. The lowest BCUT2D eigenvalue weighted by Gasteiger charge is -2.35. The van der Waals surface area contributed by atoms with Gasteiger partial charge in [-0.15, -0.1) is 0 Å². The van der Waals surface area contributed by atoms with Gasteiger partial charge in [-0.25, -0.2) is 0 Å². The number of carbonyl (C=O) groups excluding carboxylic acids is 3. The number of nitrogens with one attached hydrogen (secondary N) is 1. The maximum atomic E-state index is 12.9. The van der Waals surface area contributed by atoms with Crippen LogP contribution in [0.1, 0.15) is 31.1 Å². The van der Waals surface area contributed by atoms with Crippen LogP contribution in [0.25, 0.3) is 0 Å². The number of hydrogen-bond donors (Lipinski definition) is 2. The van der Waals surface area contributed by atoms with Gasteiger partial charge in [-0.2, -0.15) is 0 Å².